The summed E-state index contributed by atoms with van der Waals surface area (Å²) >= 11 is 1.51. The molecule has 0 aliphatic heterocycles. The lowest BCUT2D eigenvalue weighted by molar-refractivity contribution is -0.384. The number of oxazole rings is 1. The number of nitrogens with zero attached hydrogens (tertiary/aromatic N) is 2. The Balaban J connectivity index is 2.16. The number of hydrogen-bond acceptors (Lipinski definition) is 5. The Morgan fingerprint density at radius 3 is 2.94 bits per heavy atom. The number of thiophene rings is 1. The standard InChI is InChI=1S/C11H6N2O3S/c14-13(15)7-3-4-9-8(6-7)12-11(16-9)10-2-1-5-17-10/h1-6H. The first-order chi connectivity index (χ1) is 8.24. The maximum atomic E-state index is 10.6. The molecule has 2 heterocycles. The summed E-state index contributed by atoms with van der Waals surface area (Å²) in [7, 11) is 0. The Bertz CT molecular complexity index is 688. The largest absolute Gasteiger partial charge is 0.435 e. The van der Waals surface area contributed by atoms with Crippen LogP contribution in [-0.2, 0) is 0 Å². The van der Waals surface area contributed by atoms with E-state index in [4.69, 9.17) is 4.42 Å². The van der Waals surface area contributed by atoms with E-state index in [9.17, 15) is 10.1 Å². The van der Waals surface area contributed by atoms with Crippen molar-refractivity contribution in [3.8, 4) is 10.8 Å². The number of non-ortho nitro benzene ring substituents is 1. The Morgan fingerprint density at radius 2 is 2.24 bits per heavy atom. The zero-order valence-electron chi connectivity index (χ0n) is 8.49. The Labute approximate surface area is 99.5 Å². The molecule has 0 fully saturated rings. The van der Waals surface area contributed by atoms with E-state index < -0.39 is 4.92 Å². The Hall–Kier alpha value is -2.21. The summed E-state index contributed by atoms with van der Waals surface area (Å²) in [5.41, 5.74) is 1.07. The highest BCUT2D eigenvalue weighted by Gasteiger charge is 2.12. The highest BCUT2D eigenvalue weighted by Crippen LogP contribution is 2.29. The van der Waals surface area contributed by atoms with Gasteiger partial charge < -0.3 is 4.42 Å². The van der Waals surface area contributed by atoms with Crippen LogP contribution >= 0.6 is 11.3 Å². The van der Waals surface area contributed by atoms with Crippen LogP contribution in [0.5, 0.6) is 0 Å². The van der Waals surface area contributed by atoms with Crippen LogP contribution < -0.4 is 0 Å². The van der Waals surface area contributed by atoms with E-state index >= 15 is 0 Å². The molecule has 0 atom stereocenters. The minimum absolute atomic E-state index is 0.0172. The summed E-state index contributed by atoms with van der Waals surface area (Å²) in [4.78, 5) is 15.3. The summed E-state index contributed by atoms with van der Waals surface area (Å²) in [6.07, 6.45) is 0. The summed E-state index contributed by atoms with van der Waals surface area (Å²) in [5, 5.41) is 12.6. The smallest absolute Gasteiger partial charge is 0.271 e. The summed E-state index contributed by atoms with van der Waals surface area (Å²) < 4.78 is 5.52. The molecular formula is C11H6N2O3S. The third-order valence-electron chi connectivity index (χ3n) is 2.31. The van der Waals surface area contributed by atoms with Crippen molar-refractivity contribution in [3.63, 3.8) is 0 Å². The van der Waals surface area contributed by atoms with Crippen LogP contribution in [0.25, 0.3) is 21.9 Å². The van der Waals surface area contributed by atoms with Crippen LogP contribution in [0.3, 0.4) is 0 Å². The maximum absolute atomic E-state index is 10.6. The van der Waals surface area contributed by atoms with Crippen molar-refractivity contribution < 1.29 is 9.34 Å². The quantitative estimate of drug-likeness (QED) is 0.512. The van der Waals surface area contributed by atoms with Crippen molar-refractivity contribution in [2.24, 2.45) is 0 Å². The number of hydrogen-bond donors (Lipinski definition) is 0. The van der Waals surface area contributed by atoms with Gasteiger partial charge in [-0.1, -0.05) is 6.07 Å². The number of aromatic nitrogens is 1. The molecule has 0 unspecified atom stereocenters. The van der Waals surface area contributed by atoms with Crippen molar-refractivity contribution in [2.75, 3.05) is 0 Å². The summed E-state index contributed by atoms with van der Waals surface area (Å²) in [6, 6.07) is 8.18. The van der Waals surface area contributed by atoms with Crippen molar-refractivity contribution in [2.45, 2.75) is 0 Å². The average Bonchev–Trinajstić information content (AvgIpc) is 2.96. The van der Waals surface area contributed by atoms with Crippen molar-refractivity contribution >= 4 is 28.1 Å². The number of nitro groups is 1. The van der Waals surface area contributed by atoms with Crippen LogP contribution in [0.2, 0.25) is 0 Å². The van der Waals surface area contributed by atoms with Crippen LogP contribution in [0.15, 0.2) is 40.1 Å². The second kappa shape index (κ2) is 3.67. The third-order valence-corrected chi connectivity index (χ3v) is 3.17. The van der Waals surface area contributed by atoms with Gasteiger partial charge in [-0.05, 0) is 17.5 Å². The molecule has 0 spiro atoms. The zero-order chi connectivity index (χ0) is 11.8. The average molecular weight is 246 g/mol. The summed E-state index contributed by atoms with van der Waals surface area (Å²) in [5.74, 6) is 0.496. The molecule has 5 nitrogen and oxygen atoms in total. The van der Waals surface area contributed by atoms with Gasteiger partial charge in [-0.3, -0.25) is 10.1 Å². The lowest BCUT2D eigenvalue weighted by Crippen LogP contribution is -1.86. The van der Waals surface area contributed by atoms with E-state index in [1.165, 1.54) is 23.5 Å². The van der Waals surface area contributed by atoms with Crippen LogP contribution in [0.4, 0.5) is 5.69 Å². The molecule has 6 heteroatoms. The number of benzene rings is 1. The number of fused-ring (bicyclic) bond motifs is 1. The molecule has 0 radical (unpaired) electrons. The molecule has 0 aliphatic carbocycles. The molecule has 0 amide bonds. The topological polar surface area (TPSA) is 69.2 Å². The molecule has 0 saturated heterocycles. The highest BCUT2D eigenvalue weighted by atomic mass is 32.1. The van der Waals surface area contributed by atoms with Gasteiger partial charge in [0.05, 0.1) is 9.80 Å². The van der Waals surface area contributed by atoms with Crippen LogP contribution in [-0.4, -0.2) is 9.91 Å². The molecule has 17 heavy (non-hydrogen) atoms. The van der Waals surface area contributed by atoms with E-state index in [0.717, 1.165) is 4.88 Å². The normalized spacial score (nSPS) is 10.8. The van der Waals surface area contributed by atoms with Gasteiger partial charge in [-0.25, -0.2) is 4.98 Å². The molecule has 84 valence electrons. The Morgan fingerprint density at radius 1 is 1.35 bits per heavy atom. The van der Waals surface area contributed by atoms with E-state index in [2.05, 4.69) is 4.98 Å². The van der Waals surface area contributed by atoms with E-state index in [0.29, 0.717) is 17.0 Å². The summed E-state index contributed by atoms with van der Waals surface area (Å²) in [6.45, 7) is 0. The van der Waals surface area contributed by atoms with Crippen LogP contribution in [0.1, 0.15) is 0 Å². The van der Waals surface area contributed by atoms with Gasteiger partial charge in [-0.15, -0.1) is 11.3 Å². The molecular weight excluding hydrogens is 240 g/mol. The van der Waals surface area contributed by atoms with Gasteiger partial charge in [0.1, 0.15) is 5.52 Å². The van der Waals surface area contributed by atoms with Crippen molar-refractivity contribution in [3.05, 3.63) is 45.8 Å². The molecule has 2 aromatic heterocycles. The minimum Gasteiger partial charge on any atom is -0.435 e. The van der Waals surface area contributed by atoms with Crippen molar-refractivity contribution in [1.29, 1.82) is 0 Å². The lowest BCUT2D eigenvalue weighted by atomic mass is 10.3. The molecule has 0 saturated carbocycles. The van der Waals surface area contributed by atoms with Gasteiger partial charge in [0.25, 0.3) is 5.69 Å². The van der Waals surface area contributed by atoms with Crippen LogP contribution in [0, 0.1) is 10.1 Å². The van der Waals surface area contributed by atoms with Gasteiger partial charge in [-0.2, -0.15) is 0 Å². The molecule has 0 aliphatic rings. The first kappa shape index (κ1) is 9.98. The predicted octanol–water partition coefficient (Wildman–Crippen LogP) is 3.46. The SMILES string of the molecule is O=[N+]([O-])c1ccc2oc(-c3cccs3)nc2c1. The molecule has 3 aromatic rings. The fourth-order valence-corrected chi connectivity index (χ4v) is 2.18. The molecule has 1 aromatic carbocycles. The van der Waals surface area contributed by atoms with Crippen molar-refractivity contribution in [1.82, 2.24) is 4.98 Å². The Kier molecular flexibility index (Phi) is 2.15. The van der Waals surface area contributed by atoms with Gasteiger partial charge >= 0.3 is 0 Å². The third kappa shape index (κ3) is 1.68. The molecule has 3 rings (SSSR count). The fourth-order valence-electron chi connectivity index (χ4n) is 1.54. The highest BCUT2D eigenvalue weighted by molar-refractivity contribution is 7.13. The van der Waals surface area contributed by atoms with Gasteiger partial charge in [0, 0.05) is 12.1 Å². The van der Waals surface area contributed by atoms with Gasteiger partial charge in [0.15, 0.2) is 5.58 Å². The zero-order valence-corrected chi connectivity index (χ0v) is 9.31. The van der Waals surface area contributed by atoms with E-state index in [1.807, 2.05) is 17.5 Å². The molecule has 0 N–H and O–H groups in total. The minimum atomic E-state index is -0.446. The van der Waals surface area contributed by atoms with Gasteiger partial charge in [0.2, 0.25) is 5.89 Å². The van der Waals surface area contributed by atoms with E-state index in [1.54, 1.807) is 6.07 Å². The first-order valence-corrected chi connectivity index (χ1v) is 5.71. The number of rotatable bonds is 2. The second-order valence-corrected chi connectivity index (χ2v) is 4.35. The lowest BCUT2D eigenvalue weighted by Gasteiger charge is -1.88. The predicted molar refractivity (Wildman–Crippen MR) is 64.0 cm³/mol. The van der Waals surface area contributed by atoms with E-state index in [-0.39, 0.29) is 5.69 Å². The fraction of sp³-hybridized carbons (Fsp3) is 0. The molecule has 0 bridgehead atoms. The second-order valence-electron chi connectivity index (χ2n) is 3.41. The maximum Gasteiger partial charge on any atom is 0.271 e. The number of nitro benzene ring substituents is 1. The first-order valence-electron chi connectivity index (χ1n) is 4.83. The monoisotopic (exact) mass is 246 g/mol.